The van der Waals surface area contributed by atoms with Crippen LogP contribution in [-0.2, 0) is 4.79 Å². The van der Waals surface area contributed by atoms with E-state index < -0.39 is 38.8 Å². The third-order valence-electron chi connectivity index (χ3n) is 1.62. The summed E-state index contributed by atoms with van der Waals surface area (Å²) in [7, 11) is 0. The molecule has 0 saturated heterocycles. The largest absolute Gasteiger partial charge is 0.298 e. The van der Waals surface area contributed by atoms with Gasteiger partial charge in [-0.15, -0.1) is 0 Å². The van der Waals surface area contributed by atoms with Crippen molar-refractivity contribution in [1.29, 1.82) is 0 Å². The van der Waals surface area contributed by atoms with Crippen LogP contribution < -0.4 is 0 Å². The molecule has 0 spiro atoms. The highest BCUT2D eigenvalue weighted by Crippen LogP contribution is 2.31. The normalized spacial score (nSPS) is 10.3. The van der Waals surface area contributed by atoms with E-state index in [2.05, 4.69) is 0 Å². The number of benzene rings is 1. The van der Waals surface area contributed by atoms with Gasteiger partial charge in [-0.2, -0.15) is 0 Å². The van der Waals surface area contributed by atoms with Gasteiger partial charge in [-0.3, -0.25) is 9.59 Å². The van der Waals surface area contributed by atoms with Crippen molar-refractivity contribution in [3.8, 4) is 0 Å². The van der Waals surface area contributed by atoms with Crippen LogP contribution in [-0.4, -0.2) is 11.4 Å². The summed E-state index contributed by atoms with van der Waals surface area (Å²) in [5.74, 6) is -7.11. The van der Waals surface area contributed by atoms with Crippen LogP contribution in [0.2, 0.25) is 0 Å². The number of hydrogen-bond donors (Lipinski definition) is 0. The zero-order valence-electron chi connectivity index (χ0n) is 7.81. The summed E-state index contributed by atoms with van der Waals surface area (Å²) in [5, 5.41) is -0.740. The Morgan fingerprint density at radius 2 is 1.50 bits per heavy atom. The predicted octanol–water partition coefficient (Wildman–Crippen LogP) is 2.69. The molecule has 7 heteroatoms. The molecule has 0 fully saturated rings. The molecule has 0 aliphatic rings. The second kappa shape index (κ2) is 4.65. The number of halogens is 4. The molecule has 0 N–H and O–H groups in total. The maximum absolute atomic E-state index is 13.1. The van der Waals surface area contributed by atoms with Crippen molar-refractivity contribution in [3.63, 3.8) is 0 Å². The molecular formula is C9H4F4O2S. The van der Waals surface area contributed by atoms with Crippen molar-refractivity contribution in [3.05, 3.63) is 28.8 Å². The van der Waals surface area contributed by atoms with Crippen LogP contribution in [0.1, 0.15) is 17.3 Å². The van der Waals surface area contributed by atoms with Gasteiger partial charge in [-0.25, -0.2) is 17.6 Å². The number of aldehydes is 1. The minimum Gasteiger partial charge on any atom is -0.298 e. The van der Waals surface area contributed by atoms with E-state index in [-0.39, 0.29) is 18.0 Å². The molecule has 0 saturated carbocycles. The summed E-state index contributed by atoms with van der Waals surface area (Å²) in [5.41, 5.74) is -1.33. The van der Waals surface area contributed by atoms with Crippen LogP contribution in [0, 0.1) is 23.3 Å². The summed E-state index contributed by atoms with van der Waals surface area (Å²) in [6.07, 6.45) is -0.334. The molecule has 0 aromatic heterocycles. The molecule has 2 nitrogen and oxygen atoms in total. The monoisotopic (exact) mass is 252 g/mol. The average Bonchev–Trinajstić information content (AvgIpc) is 2.22. The molecule has 0 amide bonds. The average molecular weight is 252 g/mol. The Morgan fingerprint density at radius 3 is 1.81 bits per heavy atom. The molecule has 0 unspecified atom stereocenters. The molecule has 0 bridgehead atoms. The Morgan fingerprint density at radius 1 is 1.06 bits per heavy atom. The topological polar surface area (TPSA) is 34.1 Å². The molecule has 1 rings (SSSR count). The molecule has 0 aliphatic carbocycles. The smallest absolute Gasteiger partial charge is 0.190 e. The zero-order chi connectivity index (χ0) is 12.5. The number of carbonyl (C=O) groups excluding carboxylic acids is 2. The minimum absolute atomic E-state index is 0.0144. The van der Waals surface area contributed by atoms with E-state index in [1.54, 1.807) is 0 Å². The molecule has 0 aliphatic heterocycles. The number of thioether (sulfide) groups is 1. The van der Waals surface area contributed by atoms with Gasteiger partial charge >= 0.3 is 0 Å². The molecule has 0 heterocycles. The first-order valence-corrected chi connectivity index (χ1v) is 4.71. The van der Waals surface area contributed by atoms with Gasteiger partial charge in [-0.1, -0.05) is 0 Å². The Balaban J connectivity index is 3.52. The molecule has 1 aromatic rings. The highest BCUT2D eigenvalue weighted by molar-refractivity contribution is 8.13. The van der Waals surface area contributed by atoms with E-state index >= 15 is 0 Å². The zero-order valence-corrected chi connectivity index (χ0v) is 8.63. The van der Waals surface area contributed by atoms with Gasteiger partial charge in [0.15, 0.2) is 34.7 Å². The lowest BCUT2D eigenvalue weighted by Gasteiger charge is -2.06. The van der Waals surface area contributed by atoms with E-state index in [9.17, 15) is 27.2 Å². The Labute approximate surface area is 91.6 Å². The van der Waals surface area contributed by atoms with Gasteiger partial charge in [0, 0.05) is 6.92 Å². The highest BCUT2D eigenvalue weighted by atomic mass is 32.2. The van der Waals surface area contributed by atoms with Crippen molar-refractivity contribution in [2.24, 2.45) is 0 Å². The van der Waals surface area contributed by atoms with Crippen LogP contribution in [0.25, 0.3) is 0 Å². The van der Waals surface area contributed by atoms with Gasteiger partial charge in [0.25, 0.3) is 0 Å². The predicted molar refractivity (Wildman–Crippen MR) is 48.2 cm³/mol. The Bertz CT molecular complexity index is 444. The minimum atomic E-state index is -1.81. The van der Waals surface area contributed by atoms with Gasteiger partial charge in [0.2, 0.25) is 0 Å². The first-order chi connectivity index (χ1) is 7.40. The van der Waals surface area contributed by atoms with Crippen molar-refractivity contribution in [2.75, 3.05) is 0 Å². The first-order valence-electron chi connectivity index (χ1n) is 3.89. The van der Waals surface area contributed by atoms with Crippen LogP contribution >= 0.6 is 11.8 Å². The van der Waals surface area contributed by atoms with Crippen molar-refractivity contribution >= 4 is 23.2 Å². The number of carbonyl (C=O) groups is 2. The van der Waals surface area contributed by atoms with Gasteiger partial charge in [0.05, 0.1) is 10.5 Å². The number of rotatable bonds is 2. The first kappa shape index (κ1) is 12.7. The highest BCUT2D eigenvalue weighted by Gasteiger charge is 2.26. The summed E-state index contributed by atoms with van der Waals surface area (Å²) < 4.78 is 52.3. The number of hydrogen-bond acceptors (Lipinski definition) is 3. The van der Waals surface area contributed by atoms with E-state index in [1.807, 2.05) is 0 Å². The van der Waals surface area contributed by atoms with Crippen molar-refractivity contribution < 1.29 is 27.2 Å². The summed E-state index contributed by atoms with van der Waals surface area (Å²) in [4.78, 5) is 19.7. The summed E-state index contributed by atoms with van der Waals surface area (Å²) >= 11 is 0.0144. The lowest BCUT2D eigenvalue weighted by Crippen LogP contribution is -2.05. The van der Waals surface area contributed by atoms with Gasteiger partial charge in [0.1, 0.15) is 0 Å². The summed E-state index contributed by atoms with van der Waals surface area (Å²) in [6, 6.07) is 0. The van der Waals surface area contributed by atoms with E-state index in [0.29, 0.717) is 0 Å². The van der Waals surface area contributed by atoms with Gasteiger partial charge in [-0.05, 0) is 11.8 Å². The lowest BCUT2D eigenvalue weighted by atomic mass is 10.2. The molecule has 1 aromatic carbocycles. The fourth-order valence-electron chi connectivity index (χ4n) is 0.965. The quantitative estimate of drug-likeness (QED) is 0.351. The molecular weight excluding hydrogens is 248 g/mol. The fraction of sp³-hybridized carbons (Fsp3) is 0.111. The van der Waals surface area contributed by atoms with Crippen molar-refractivity contribution in [2.45, 2.75) is 11.8 Å². The lowest BCUT2D eigenvalue weighted by molar-refractivity contribution is -0.109. The van der Waals surface area contributed by atoms with E-state index in [1.165, 1.54) is 0 Å². The second-order valence-electron chi connectivity index (χ2n) is 2.71. The standard InChI is InChI=1S/C9H4F4O2S/c1-3(15)16-9-7(12)5(10)4(2-14)6(11)8(9)13/h2H,1H3. The Hall–Kier alpha value is -1.37. The summed E-state index contributed by atoms with van der Waals surface area (Å²) in [6.45, 7) is 0.979. The Kier molecular flexibility index (Phi) is 3.69. The second-order valence-corrected chi connectivity index (χ2v) is 3.90. The van der Waals surface area contributed by atoms with Crippen LogP contribution in [0.15, 0.2) is 4.90 Å². The maximum Gasteiger partial charge on any atom is 0.190 e. The third-order valence-corrected chi connectivity index (χ3v) is 2.47. The van der Waals surface area contributed by atoms with E-state index in [4.69, 9.17) is 0 Å². The molecule has 0 radical (unpaired) electrons. The molecule has 16 heavy (non-hydrogen) atoms. The van der Waals surface area contributed by atoms with Gasteiger partial charge < -0.3 is 0 Å². The maximum atomic E-state index is 13.1. The third kappa shape index (κ3) is 2.08. The van der Waals surface area contributed by atoms with E-state index in [0.717, 1.165) is 6.92 Å². The molecule has 86 valence electrons. The van der Waals surface area contributed by atoms with Crippen LogP contribution in [0.4, 0.5) is 17.6 Å². The SMILES string of the molecule is CC(=O)Sc1c(F)c(F)c(C=O)c(F)c1F. The van der Waals surface area contributed by atoms with Crippen molar-refractivity contribution in [1.82, 2.24) is 0 Å². The molecule has 0 atom stereocenters. The fourth-order valence-corrected chi connectivity index (χ4v) is 1.61. The van der Waals surface area contributed by atoms with Crippen LogP contribution in [0.3, 0.4) is 0 Å². The van der Waals surface area contributed by atoms with Crippen LogP contribution in [0.5, 0.6) is 0 Å².